The quantitative estimate of drug-likeness (QED) is 0.918. The van der Waals surface area contributed by atoms with E-state index in [2.05, 4.69) is 34.3 Å². The van der Waals surface area contributed by atoms with E-state index in [1.165, 1.54) is 0 Å². The van der Waals surface area contributed by atoms with Gasteiger partial charge in [-0.15, -0.1) is 0 Å². The average Bonchev–Trinajstić information content (AvgIpc) is 2.49. The number of nitrogens with one attached hydrogen (secondary N) is 1. The minimum absolute atomic E-state index is 0.108. The fourth-order valence-corrected chi connectivity index (χ4v) is 3.52. The number of hydrogen-bond acceptors (Lipinski definition) is 4. The zero-order valence-corrected chi connectivity index (χ0v) is 12.3. The lowest BCUT2D eigenvalue weighted by molar-refractivity contribution is -0.102. The highest BCUT2D eigenvalue weighted by Gasteiger charge is 2.40. The molecule has 0 amide bonds. The highest BCUT2D eigenvalue weighted by Crippen LogP contribution is 2.35. The van der Waals surface area contributed by atoms with E-state index in [4.69, 9.17) is 4.74 Å². The van der Waals surface area contributed by atoms with E-state index in [1.54, 1.807) is 0 Å². The van der Waals surface area contributed by atoms with Gasteiger partial charge in [0.2, 0.25) is 0 Å². The highest BCUT2D eigenvalue weighted by atomic mass is 16.5. The molecule has 20 heavy (non-hydrogen) atoms. The summed E-state index contributed by atoms with van der Waals surface area (Å²) < 4.78 is 6.18. The number of pyridine rings is 1. The van der Waals surface area contributed by atoms with Gasteiger partial charge in [0.25, 0.3) is 0 Å². The van der Waals surface area contributed by atoms with E-state index < -0.39 is 0 Å². The number of ether oxygens (including phenoxy) is 1. The summed E-state index contributed by atoms with van der Waals surface area (Å²) in [7, 11) is 0. The predicted octanol–water partition coefficient (Wildman–Crippen LogP) is 2.21. The molecule has 3 heterocycles. The number of piperidine rings is 1. The Morgan fingerprint density at radius 1 is 1.40 bits per heavy atom. The summed E-state index contributed by atoms with van der Waals surface area (Å²) in [5, 5.41) is 3.59. The van der Waals surface area contributed by atoms with Crippen molar-refractivity contribution in [3.05, 3.63) is 24.4 Å². The molecule has 110 valence electrons. The van der Waals surface area contributed by atoms with Crippen molar-refractivity contribution in [2.24, 2.45) is 0 Å². The molecule has 1 N–H and O–H groups in total. The molecule has 0 bridgehead atoms. The van der Waals surface area contributed by atoms with Gasteiger partial charge in [-0.2, -0.15) is 0 Å². The van der Waals surface area contributed by atoms with Crippen LogP contribution in [-0.2, 0) is 4.74 Å². The van der Waals surface area contributed by atoms with Crippen LogP contribution < -0.4 is 10.2 Å². The fourth-order valence-electron chi connectivity index (χ4n) is 3.52. The van der Waals surface area contributed by atoms with Gasteiger partial charge in [-0.25, -0.2) is 4.98 Å². The zero-order valence-electron chi connectivity index (χ0n) is 12.3. The van der Waals surface area contributed by atoms with Crippen LogP contribution in [0.3, 0.4) is 0 Å². The van der Waals surface area contributed by atoms with Gasteiger partial charge >= 0.3 is 0 Å². The lowest BCUT2D eigenvalue weighted by Crippen LogP contribution is -2.53. The minimum Gasteiger partial charge on any atom is -0.375 e. The fraction of sp³-hybridized carbons (Fsp3) is 0.688. The summed E-state index contributed by atoms with van der Waals surface area (Å²) in [4.78, 5) is 6.83. The van der Waals surface area contributed by atoms with Gasteiger partial charge in [0.05, 0.1) is 5.60 Å². The van der Waals surface area contributed by atoms with E-state index in [0.717, 1.165) is 57.7 Å². The van der Waals surface area contributed by atoms with Gasteiger partial charge in [-0.1, -0.05) is 13.0 Å². The van der Waals surface area contributed by atoms with Crippen LogP contribution >= 0.6 is 0 Å². The van der Waals surface area contributed by atoms with Crippen molar-refractivity contribution in [3.63, 3.8) is 0 Å². The minimum atomic E-state index is 0.108. The van der Waals surface area contributed by atoms with Gasteiger partial charge in [0.1, 0.15) is 5.82 Å². The summed E-state index contributed by atoms with van der Waals surface area (Å²) in [6.07, 6.45) is 6.42. The maximum absolute atomic E-state index is 6.18. The van der Waals surface area contributed by atoms with Gasteiger partial charge < -0.3 is 15.0 Å². The first-order chi connectivity index (χ1) is 9.81. The molecule has 1 spiro atoms. The third kappa shape index (κ3) is 2.96. The summed E-state index contributed by atoms with van der Waals surface area (Å²) in [6.45, 7) is 6.25. The van der Waals surface area contributed by atoms with Gasteiger partial charge in [0.15, 0.2) is 0 Å². The summed E-state index contributed by atoms with van der Waals surface area (Å²) in [5.74, 6) is 1.10. The molecule has 0 saturated carbocycles. The second kappa shape index (κ2) is 6.10. The first-order valence-electron chi connectivity index (χ1n) is 7.85. The largest absolute Gasteiger partial charge is 0.375 e. The zero-order chi connectivity index (χ0) is 13.8. The van der Waals surface area contributed by atoms with Crippen molar-refractivity contribution >= 4 is 5.82 Å². The van der Waals surface area contributed by atoms with Crippen LogP contribution in [0.2, 0.25) is 0 Å². The van der Waals surface area contributed by atoms with Crippen molar-refractivity contribution in [1.29, 1.82) is 0 Å². The topological polar surface area (TPSA) is 37.4 Å². The van der Waals surface area contributed by atoms with Crippen molar-refractivity contribution < 1.29 is 4.74 Å². The van der Waals surface area contributed by atoms with Crippen LogP contribution in [0.15, 0.2) is 24.4 Å². The third-order valence-electron chi connectivity index (χ3n) is 4.63. The smallest absolute Gasteiger partial charge is 0.128 e. The van der Waals surface area contributed by atoms with Crippen LogP contribution in [0.4, 0.5) is 5.82 Å². The Morgan fingerprint density at radius 3 is 2.95 bits per heavy atom. The first kappa shape index (κ1) is 13.8. The molecule has 2 saturated heterocycles. The number of hydrogen-bond donors (Lipinski definition) is 1. The van der Waals surface area contributed by atoms with Crippen LogP contribution in [0, 0.1) is 0 Å². The summed E-state index contributed by atoms with van der Waals surface area (Å²) >= 11 is 0. The Bertz CT molecular complexity index is 413. The molecular formula is C16H25N3O. The molecule has 0 aromatic carbocycles. The van der Waals surface area contributed by atoms with Crippen LogP contribution in [0.5, 0.6) is 0 Å². The molecule has 0 unspecified atom stereocenters. The van der Waals surface area contributed by atoms with Gasteiger partial charge in [-0.3, -0.25) is 0 Å². The molecular weight excluding hydrogens is 250 g/mol. The Balaban J connectivity index is 1.60. The maximum Gasteiger partial charge on any atom is 0.128 e. The number of aromatic nitrogens is 1. The van der Waals surface area contributed by atoms with E-state index in [0.29, 0.717) is 6.04 Å². The van der Waals surface area contributed by atoms with E-state index >= 15 is 0 Å². The molecule has 1 aromatic rings. The lowest BCUT2D eigenvalue weighted by atomic mass is 9.82. The second-order valence-electron chi connectivity index (χ2n) is 5.95. The molecule has 2 aliphatic heterocycles. The van der Waals surface area contributed by atoms with Gasteiger partial charge in [0, 0.05) is 31.9 Å². The second-order valence-corrected chi connectivity index (χ2v) is 5.95. The molecule has 2 fully saturated rings. The predicted molar refractivity (Wildman–Crippen MR) is 81.1 cm³/mol. The van der Waals surface area contributed by atoms with E-state index in [9.17, 15) is 0 Å². The Hall–Kier alpha value is -1.13. The molecule has 2 aliphatic rings. The Kier molecular flexibility index (Phi) is 4.22. The molecule has 1 atom stereocenters. The molecule has 0 aliphatic carbocycles. The highest BCUT2D eigenvalue weighted by molar-refractivity contribution is 5.38. The number of rotatable bonds is 3. The monoisotopic (exact) mass is 275 g/mol. The van der Waals surface area contributed by atoms with Gasteiger partial charge in [-0.05, 0) is 44.4 Å². The van der Waals surface area contributed by atoms with Crippen molar-refractivity contribution in [2.75, 3.05) is 31.1 Å². The first-order valence-corrected chi connectivity index (χ1v) is 7.85. The standard InChI is InChI=1S/C16H25N3O/c1-2-17-14-6-12-20-16(13-14)7-10-19(11-8-16)15-5-3-4-9-18-15/h3-5,9,14,17H,2,6-8,10-13H2,1H3/t14-/m0/s1. The maximum atomic E-state index is 6.18. The normalized spacial score (nSPS) is 25.9. The molecule has 0 radical (unpaired) electrons. The van der Waals surface area contributed by atoms with Crippen LogP contribution in [0.1, 0.15) is 32.6 Å². The molecule has 3 rings (SSSR count). The molecule has 1 aromatic heterocycles. The average molecular weight is 275 g/mol. The Morgan fingerprint density at radius 2 is 2.25 bits per heavy atom. The SMILES string of the molecule is CCN[C@H]1CCOC2(CCN(c3ccccn3)CC2)C1. The number of anilines is 1. The van der Waals surface area contributed by atoms with Crippen molar-refractivity contribution in [3.8, 4) is 0 Å². The third-order valence-corrected chi connectivity index (χ3v) is 4.63. The van der Waals surface area contributed by atoms with Crippen LogP contribution in [-0.4, -0.2) is 42.9 Å². The van der Waals surface area contributed by atoms with Crippen molar-refractivity contribution in [1.82, 2.24) is 10.3 Å². The summed E-state index contributed by atoms with van der Waals surface area (Å²) in [6, 6.07) is 6.77. The molecule has 4 nitrogen and oxygen atoms in total. The van der Waals surface area contributed by atoms with E-state index in [1.807, 2.05) is 12.3 Å². The Labute approximate surface area is 121 Å². The lowest BCUT2D eigenvalue weighted by Gasteiger charge is -2.46. The molecule has 4 heteroatoms. The number of nitrogens with zero attached hydrogens (tertiary/aromatic N) is 2. The van der Waals surface area contributed by atoms with Crippen LogP contribution in [0.25, 0.3) is 0 Å². The van der Waals surface area contributed by atoms with E-state index in [-0.39, 0.29) is 5.60 Å². The van der Waals surface area contributed by atoms with Crippen molar-refractivity contribution in [2.45, 2.75) is 44.2 Å². The summed E-state index contributed by atoms with van der Waals surface area (Å²) in [5.41, 5.74) is 0.108.